The second-order valence-corrected chi connectivity index (χ2v) is 6.02. The molecule has 0 bridgehead atoms. The smallest absolute Gasteiger partial charge is 0.337 e. The van der Waals surface area contributed by atoms with Crippen molar-refractivity contribution in [3.63, 3.8) is 0 Å². The minimum atomic E-state index is -0.405. The standard InChI is InChI=1S/C23H18N2O3/c1-16-6-3-11-21(24-16)22(26)25-20-10-5-8-18(15-20)13-12-17-7-4-9-19(14-17)23(27)28-2/h3-11,14-15H,1-2H3,(H,25,26). The molecule has 0 radical (unpaired) electrons. The SMILES string of the molecule is COC(=O)c1cccc(C#Cc2cccc(NC(=O)c3cccc(C)n3)c2)c1. The maximum Gasteiger partial charge on any atom is 0.337 e. The molecule has 0 unspecified atom stereocenters. The van der Waals surface area contributed by atoms with Gasteiger partial charge in [-0.1, -0.05) is 30.0 Å². The summed E-state index contributed by atoms with van der Waals surface area (Å²) in [6.45, 7) is 1.84. The maximum atomic E-state index is 12.3. The largest absolute Gasteiger partial charge is 0.465 e. The number of methoxy groups -OCH3 is 1. The van der Waals surface area contributed by atoms with Gasteiger partial charge in [-0.25, -0.2) is 9.78 Å². The van der Waals surface area contributed by atoms with Gasteiger partial charge in [-0.05, 0) is 55.5 Å². The molecule has 1 aromatic heterocycles. The van der Waals surface area contributed by atoms with Crippen molar-refractivity contribution >= 4 is 17.6 Å². The van der Waals surface area contributed by atoms with Gasteiger partial charge < -0.3 is 10.1 Å². The van der Waals surface area contributed by atoms with E-state index in [4.69, 9.17) is 4.74 Å². The summed E-state index contributed by atoms with van der Waals surface area (Å²) in [6.07, 6.45) is 0. The van der Waals surface area contributed by atoms with Crippen LogP contribution in [0.15, 0.2) is 66.7 Å². The van der Waals surface area contributed by atoms with Crippen LogP contribution >= 0.6 is 0 Å². The molecule has 1 N–H and O–H groups in total. The fraction of sp³-hybridized carbons (Fsp3) is 0.0870. The number of nitrogens with one attached hydrogen (secondary N) is 1. The highest BCUT2D eigenvalue weighted by Crippen LogP contribution is 2.12. The zero-order chi connectivity index (χ0) is 19.9. The number of carbonyl (C=O) groups is 2. The van der Waals surface area contributed by atoms with E-state index in [1.807, 2.05) is 31.2 Å². The number of amides is 1. The minimum absolute atomic E-state index is 0.278. The van der Waals surface area contributed by atoms with E-state index in [1.165, 1.54) is 7.11 Å². The Morgan fingerprint density at radius 1 is 0.929 bits per heavy atom. The summed E-state index contributed by atoms with van der Waals surface area (Å²) >= 11 is 0. The first-order valence-corrected chi connectivity index (χ1v) is 8.60. The van der Waals surface area contributed by atoms with Gasteiger partial charge in [0, 0.05) is 22.5 Å². The predicted molar refractivity (Wildman–Crippen MR) is 107 cm³/mol. The first kappa shape index (κ1) is 18.9. The number of carbonyl (C=O) groups excluding carboxylic acids is 2. The topological polar surface area (TPSA) is 68.3 Å². The maximum absolute atomic E-state index is 12.3. The monoisotopic (exact) mass is 370 g/mol. The summed E-state index contributed by atoms with van der Waals surface area (Å²) in [5.74, 6) is 5.37. The van der Waals surface area contributed by atoms with Crippen LogP contribution < -0.4 is 5.32 Å². The first-order chi connectivity index (χ1) is 13.5. The van der Waals surface area contributed by atoms with Gasteiger partial charge in [0.15, 0.2) is 0 Å². The zero-order valence-electron chi connectivity index (χ0n) is 15.5. The van der Waals surface area contributed by atoms with Gasteiger partial charge in [0.05, 0.1) is 12.7 Å². The van der Waals surface area contributed by atoms with Gasteiger partial charge in [-0.3, -0.25) is 4.79 Å². The molecule has 1 heterocycles. The van der Waals surface area contributed by atoms with Gasteiger partial charge in [0.25, 0.3) is 5.91 Å². The van der Waals surface area contributed by atoms with Gasteiger partial charge in [-0.15, -0.1) is 0 Å². The van der Waals surface area contributed by atoms with Crippen molar-refractivity contribution in [1.82, 2.24) is 4.98 Å². The third-order valence-corrected chi connectivity index (χ3v) is 3.88. The van der Waals surface area contributed by atoms with E-state index in [-0.39, 0.29) is 5.91 Å². The van der Waals surface area contributed by atoms with Gasteiger partial charge in [0.1, 0.15) is 5.69 Å². The molecule has 1 amide bonds. The Kier molecular flexibility index (Phi) is 5.83. The fourth-order valence-corrected chi connectivity index (χ4v) is 2.53. The van der Waals surface area contributed by atoms with Crippen molar-refractivity contribution < 1.29 is 14.3 Å². The van der Waals surface area contributed by atoms with Crippen molar-refractivity contribution in [2.75, 3.05) is 12.4 Å². The fourth-order valence-electron chi connectivity index (χ4n) is 2.53. The zero-order valence-corrected chi connectivity index (χ0v) is 15.5. The molecule has 0 saturated carbocycles. The van der Waals surface area contributed by atoms with Crippen LogP contribution in [-0.2, 0) is 4.74 Å². The van der Waals surface area contributed by atoms with Crippen molar-refractivity contribution in [2.24, 2.45) is 0 Å². The van der Waals surface area contributed by atoms with Crippen LogP contribution in [0, 0.1) is 18.8 Å². The van der Waals surface area contributed by atoms with Gasteiger partial charge >= 0.3 is 5.97 Å². The Labute approximate surface area is 163 Å². The van der Waals surface area contributed by atoms with E-state index in [2.05, 4.69) is 22.1 Å². The average molecular weight is 370 g/mol. The molecule has 0 spiro atoms. The van der Waals surface area contributed by atoms with Crippen molar-refractivity contribution in [3.05, 3.63) is 94.8 Å². The van der Waals surface area contributed by atoms with E-state index >= 15 is 0 Å². The van der Waals surface area contributed by atoms with E-state index in [9.17, 15) is 9.59 Å². The molecule has 0 atom stereocenters. The molecule has 138 valence electrons. The second kappa shape index (κ2) is 8.65. The van der Waals surface area contributed by atoms with Crippen LogP contribution in [0.1, 0.15) is 37.7 Å². The van der Waals surface area contributed by atoms with E-state index in [0.29, 0.717) is 22.5 Å². The molecule has 3 aromatic rings. The molecule has 2 aromatic carbocycles. The Bertz CT molecular complexity index is 1090. The van der Waals surface area contributed by atoms with Crippen LogP contribution in [-0.4, -0.2) is 24.0 Å². The number of anilines is 1. The lowest BCUT2D eigenvalue weighted by Crippen LogP contribution is -2.13. The van der Waals surface area contributed by atoms with Crippen LogP contribution in [0.5, 0.6) is 0 Å². The number of pyridine rings is 1. The molecular formula is C23H18N2O3. The lowest BCUT2D eigenvalue weighted by atomic mass is 10.1. The number of rotatable bonds is 3. The van der Waals surface area contributed by atoms with Crippen LogP contribution in [0.2, 0.25) is 0 Å². The molecule has 0 saturated heterocycles. The molecule has 0 aliphatic rings. The highest BCUT2D eigenvalue weighted by molar-refractivity contribution is 6.02. The molecule has 0 aliphatic carbocycles. The summed E-state index contributed by atoms with van der Waals surface area (Å²) in [5.41, 5.74) is 3.64. The summed E-state index contributed by atoms with van der Waals surface area (Å²) in [7, 11) is 1.34. The Hall–Kier alpha value is -3.91. The predicted octanol–water partition coefficient (Wildman–Crippen LogP) is 3.83. The second-order valence-electron chi connectivity index (χ2n) is 6.02. The number of benzene rings is 2. The lowest BCUT2D eigenvalue weighted by molar-refractivity contribution is 0.0600. The van der Waals surface area contributed by atoms with Gasteiger partial charge in [0.2, 0.25) is 0 Å². The van der Waals surface area contributed by atoms with Crippen molar-refractivity contribution in [1.29, 1.82) is 0 Å². The van der Waals surface area contributed by atoms with Crippen molar-refractivity contribution in [2.45, 2.75) is 6.92 Å². The number of hydrogen-bond donors (Lipinski definition) is 1. The summed E-state index contributed by atoms with van der Waals surface area (Å²) < 4.78 is 4.72. The number of hydrogen-bond acceptors (Lipinski definition) is 4. The molecule has 5 heteroatoms. The Balaban J connectivity index is 1.77. The van der Waals surface area contributed by atoms with E-state index in [0.717, 1.165) is 11.3 Å². The third kappa shape index (κ3) is 4.83. The summed E-state index contributed by atoms with van der Waals surface area (Å²) in [5, 5.41) is 2.83. The van der Waals surface area contributed by atoms with E-state index < -0.39 is 5.97 Å². The van der Waals surface area contributed by atoms with Crippen LogP contribution in [0.3, 0.4) is 0 Å². The molecule has 5 nitrogen and oxygen atoms in total. The first-order valence-electron chi connectivity index (χ1n) is 8.60. The molecule has 3 rings (SSSR count). The molecule has 0 aliphatic heterocycles. The summed E-state index contributed by atoms with van der Waals surface area (Å²) in [4.78, 5) is 28.2. The highest BCUT2D eigenvalue weighted by Gasteiger charge is 2.08. The van der Waals surface area contributed by atoms with Gasteiger partial charge in [-0.2, -0.15) is 0 Å². The normalized spacial score (nSPS) is 9.79. The molecule has 28 heavy (non-hydrogen) atoms. The third-order valence-electron chi connectivity index (χ3n) is 3.88. The number of aromatic nitrogens is 1. The number of nitrogens with zero attached hydrogens (tertiary/aromatic N) is 1. The number of esters is 1. The minimum Gasteiger partial charge on any atom is -0.465 e. The molecule has 0 fully saturated rings. The van der Waals surface area contributed by atoms with Crippen LogP contribution in [0.4, 0.5) is 5.69 Å². The lowest BCUT2D eigenvalue weighted by Gasteiger charge is -2.05. The quantitative estimate of drug-likeness (QED) is 0.562. The Morgan fingerprint density at radius 2 is 1.61 bits per heavy atom. The average Bonchev–Trinajstić information content (AvgIpc) is 2.72. The summed E-state index contributed by atoms with van der Waals surface area (Å²) in [6, 6.07) is 19.4. The highest BCUT2D eigenvalue weighted by atomic mass is 16.5. The molecular weight excluding hydrogens is 352 g/mol. The van der Waals surface area contributed by atoms with E-state index in [1.54, 1.807) is 42.5 Å². The Morgan fingerprint density at radius 3 is 2.32 bits per heavy atom. The van der Waals surface area contributed by atoms with Crippen molar-refractivity contribution in [3.8, 4) is 11.8 Å². The number of ether oxygens (including phenoxy) is 1. The van der Waals surface area contributed by atoms with Crippen LogP contribution in [0.25, 0.3) is 0 Å². The number of aryl methyl sites for hydroxylation is 1.